The standard InChI is InChI=1S/C23H29N5O/c1-24-23(28-13-11-20(16-28)19-5-3-2-4-6-19)26-15-18-7-9-21(10-8-18)27-14-12-25-22(29)17-27/h2-10,20H,11-17H2,1H3,(H,24,26)(H,25,29). The van der Waals surface area contributed by atoms with Gasteiger partial charge in [0.1, 0.15) is 0 Å². The zero-order valence-electron chi connectivity index (χ0n) is 17.0. The quantitative estimate of drug-likeness (QED) is 0.620. The minimum Gasteiger partial charge on any atom is -0.360 e. The van der Waals surface area contributed by atoms with Crippen molar-refractivity contribution in [3.8, 4) is 0 Å². The molecule has 0 aliphatic carbocycles. The van der Waals surface area contributed by atoms with Crippen LogP contribution in [0.4, 0.5) is 5.69 Å². The molecule has 0 radical (unpaired) electrons. The Balaban J connectivity index is 1.31. The zero-order valence-corrected chi connectivity index (χ0v) is 17.0. The predicted molar refractivity (Wildman–Crippen MR) is 117 cm³/mol. The number of guanidine groups is 1. The van der Waals surface area contributed by atoms with Crippen LogP contribution in [-0.2, 0) is 11.3 Å². The molecule has 6 nitrogen and oxygen atoms in total. The number of hydrogen-bond donors (Lipinski definition) is 2. The van der Waals surface area contributed by atoms with E-state index >= 15 is 0 Å². The molecular weight excluding hydrogens is 362 g/mol. The number of anilines is 1. The molecule has 2 aromatic rings. The fourth-order valence-corrected chi connectivity index (χ4v) is 4.15. The predicted octanol–water partition coefficient (Wildman–Crippen LogP) is 2.19. The molecule has 2 saturated heterocycles. The number of hydrogen-bond acceptors (Lipinski definition) is 3. The molecule has 2 fully saturated rings. The van der Waals surface area contributed by atoms with E-state index in [0.717, 1.165) is 44.2 Å². The van der Waals surface area contributed by atoms with Gasteiger partial charge < -0.3 is 20.4 Å². The van der Waals surface area contributed by atoms with Crippen molar-refractivity contribution < 1.29 is 4.79 Å². The van der Waals surface area contributed by atoms with E-state index in [0.29, 0.717) is 19.0 Å². The molecule has 2 N–H and O–H groups in total. The summed E-state index contributed by atoms with van der Waals surface area (Å²) < 4.78 is 0. The first-order valence-corrected chi connectivity index (χ1v) is 10.3. The van der Waals surface area contributed by atoms with Crippen LogP contribution in [0, 0.1) is 0 Å². The molecule has 1 unspecified atom stereocenters. The van der Waals surface area contributed by atoms with Gasteiger partial charge in [-0.25, -0.2) is 0 Å². The van der Waals surface area contributed by atoms with Gasteiger partial charge >= 0.3 is 0 Å². The Morgan fingerprint density at radius 2 is 1.93 bits per heavy atom. The average molecular weight is 392 g/mol. The second-order valence-electron chi connectivity index (χ2n) is 7.68. The van der Waals surface area contributed by atoms with Gasteiger partial charge in [-0.2, -0.15) is 0 Å². The van der Waals surface area contributed by atoms with Crippen LogP contribution in [0.1, 0.15) is 23.5 Å². The second-order valence-corrected chi connectivity index (χ2v) is 7.68. The molecule has 0 bridgehead atoms. The highest BCUT2D eigenvalue weighted by atomic mass is 16.2. The van der Waals surface area contributed by atoms with Gasteiger partial charge in [0.15, 0.2) is 5.96 Å². The van der Waals surface area contributed by atoms with Crippen LogP contribution in [0.2, 0.25) is 0 Å². The number of nitrogens with zero attached hydrogens (tertiary/aromatic N) is 3. The van der Waals surface area contributed by atoms with Crippen LogP contribution in [0.15, 0.2) is 59.6 Å². The summed E-state index contributed by atoms with van der Waals surface area (Å²) in [5.41, 5.74) is 3.71. The van der Waals surface area contributed by atoms with E-state index in [1.54, 1.807) is 0 Å². The van der Waals surface area contributed by atoms with Crippen molar-refractivity contribution in [1.29, 1.82) is 0 Å². The molecule has 152 valence electrons. The summed E-state index contributed by atoms with van der Waals surface area (Å²) in [5.74, 6) is 1.61. The monoisotopic (exact) mass is 391 g/mol. The summed E-state index contributed by atoms with van der Waals surface area (Å²) >= 11 is 0. The van der Waals surface area contributed by atoms with Crippen molar-refractivity contribution >= 4 is 17.6 Å². The highest BCUT2D eigenvalue weighted by Crippen LogP contribution is 2.27. The van der Waals surface area contributed by atoms with Crippen molar-refractivity contribution in [2.45, 2.75) is 18.9 Å². The van der Waals surface area contributed by atoms with Crippen molar-refractivity contribution in [3.63, 3.8) is 0 Å². The average Bonchev–Trinajstić information content (AvgIpc) is 3.25. The third-order valence-corrected chi connectivity index (χ3v) is 5.76. The van der Waals surface area contributed by atoms with Gasteiger partial charge in [-0.3, -0.25) is 9.79 Å². The molecule has 6 heteroatoms. The largest absolute Gasteiger partial charge is 0.360 e. The van der Waals surface area contributed by atoms with E-state index < -0.39 is 0 Å². The van der Waals surface area contributed by atoms with E-state index in [1.165, 1.54) is 11.1 Å². The van der Waals surface area contributed by atoms with Crippen molar-refractivity contribution in [3.05, 3.63) is 65.7 Å². The van der Waals surface area contributed by atoms with Crippen molar-refractivity contribution in [1.82, 2.24) is 15.5 Å². The SMILES string of the molecule is CN=C(NCc1ccc(N2CCNC(=O)C2)cc1)N1CCC(c2ccccc2)C1. The maximum atomic E-state index is 11.6. The Bertz CT molecular complexity index is 849. The van der Waals surface area contributed by atoms with Gasteiger partial charge in [-0.1, -0.05) is 42.5 Å². The zero-order chi connectivity index (χ0) is 20.1. The van der Waals surface area contributed by atoms with E-state index in [-0.39, 0.29) is 5.91 Å². The first-order valence-electron chi connectivity index (χ1n) is 10.3. The number of benzene rings is 2. The van der Waals surface area contributed by atoms with Crippen LogP contribution < -0.4 is 15.5 Å². The van der Waals surface area contributed by atoms with E-state index in [2.05, 4.69) is 80.0 Å². The Morgan fingerprint density at radius 3 is 2.66 bits per heavy atom. The Kier molecular flexibility index (Phi) is 5.98. The normalized spacial score (nSPS) is 20.0. The van der Waals surface area contributed by atoms with Gasteiger partial charge in [0.05, 0.1) is 6.54 Å². The van der Waals surface area contributed by atoms with Crippen LogP contribution >= 0.6 is 0 Å². The fraction of sp³-hybridized carbons (Fsp3) is 0.391. The van der Waals surface area contributed by atoms with Crippen LogP contribution in [0.5, 0.6) is 0 Å². The molecule has 2 aromatic carbocycles. The van der Waals surface area contributed by atoms with Gasteiger partial charge in [0, 0.05) is 51.4 Å². The lowest BCUT2D eigenvalue weighted by atomic mass is 9.99. The van der Waals surface area contributed by atoms with E-state index in [4.69, 9.17) is 0 Å². The van der Waals surface area contributed by atoms with Crippen molar-refractivity contribution in [2.24, 2.45) is 4.99 Å². The minimum atomic E-state index is 0.0882. The van der Waals surface area contributed by atoms with Crippen LogP contribution in [0.25, 0.3) is 0 Å². The highest BCUT2D eigenvalue weighted by molar-refractivity contribution is 5.82. The maximum absolute atomic E-state index is 11.6. The summed E-state index contributed by atoms with van der Waals surface area (Å²) in [4.78, 5) is 20.5. The number of likely N-dealkylation sites (tertiary alicyclic amines) is 1. The van der Waals surface area contributed by atoms with Gasteiger partial charge in [-0.05, 0) is 29.7 Å². The minimum absolute atomic E-state index is 0.0882. The third kappa shape index (κ3) is 4.70. The number of carbonyl (C=O) groups excluding carboxylic acids is 1. The fourth-order valence-electron chi connectivity index (χ4n) is 4.15. The molecule has 2 aliphatic rings. The first-order chi connectivity index (χ1) is 14.2. The van der Waals surface area contributed by atoms with E-state index in [9.17, 15) is 4.79 Å². The number of nitrogens with one attached hydrogen (secondary N) is 2. The number of aliphatic imine (C=N–C) groups is 1. The highest BCUT2D eigenvalue weighted by Gasteiger charge is 2.25. The topological polar surface area (TPSA) is 60.0 Å². The van der Waals surface area contributed by atoms with Crippen LogP contribution in [0.3, 0.4) is 0 Å². The molecule has 0 spiro atoms. The summed E-state index contributed by atoms with van der Waals surface area (Å²) in [7, 11) is 1.85. The van der Waals surface area contributed by atoms with E-state index in [1.807, 2.05) is 7.05 Å². The number of carbonyl (C=O) groups is 1. The number of rotatable bonds is 4. The molecule has 0 saturated carbocycles. The Morgan fingerprint density at radius 1 is 1.14 bits per heavy atom. The maximum Gasteiger partial charge on any atom is 0.239 e. The molecule has 4 rings (SSSR count). The number of piperazine rings is 1. The third-order valence-electron chi connectivity index (χ3n) is 5.76. The van der Waals surface area contributed by atoms with Crippen LogP contribution in [-0.4, -0.2) is 56.5 Å². The molecule has 1 atom stereocenters. The Hall–Kier alpha value is -3.02. The van der Waals surface area contributed by atoms with Gasteiger partial charge in [0.2, 0.25) is 5.91 Å². The molecule has 2 heterocycles. The van der Waals surface area contributed by atoms with Gasteiger partial charge in [0.25, 0.3) is 0 Å². The summed E-state index contributed by atoms with van der Waals surface area (Å²) in [5, 5.41) is 6.37. The molecular formula is C23H29N5O. The molecule has 2 aliphatic heterocycles. The lowest BCUT2D eigenvalue weighted by molar-refractivity contribution is -0.120. The number of amides is 1. The lowest BCUT2D eigenvalue weighted by Crippen LogP contribution is -2.47. The molecule has 29 heavy (non-hydrogen) atoms. The smallest absolute Gasteiger partial charge is 0.239 e. The molecule has 1 amide bonds. The Labute approximate surface area is 172 Å². The van der Waals surface area contributed by atoms with Gasteiger partial charge in [-0.15, -0.1) is 0 Å². The van der Waals surface area contributed by atoms with Crippen molar-refractivity contribution in [2.75, 3.05) is 44.7 Å². The lowest BCUT2D eigenvalue weighted by Gasteiger charge is -2.28. The first kappa shape index (κ1) is 19.3. The molecule has 0 aromatic heterocycles. The summed E-state index contributed by atoms with van der Waals surface area (Å²) in [6.07, 6.45) is 1.16. The summed E-state index contributed by atoms with van der Waals surface area (Å²) in [6.45, 7) is 4.75. The summed E-state index contributed by atoms with van der Waals surface area (Å²) in [6, 6.07) is 19.2. The second kappa shape index (κ2) is 8.99.